The van der Waals surface area contributed by atoms with E-state index >= 15 is 0 Å². The summed E-state index contributed by atoms with van der Waals surface area (Å²) in [6.07, 6.45) is 9.70. The monoisotopic (exact) mass is 170 g/mol. The van der Waals surface area contributed by atoms with E-state index in [2.05, 4.69) is 6.92 Å². The topological polar surface area (TPSA) is 9.23 Å². The molecule has 0 amide bonds. The van der Waals surface area contributed by atoms with E-state index in [4.69, 9.17) is 4.74 Å². The van der Waals surface area contributed by atoms with Gasteiger partial charge in [-0.2, -0.15) is 0 Å². The van der Waals surface area contributed by atoms with Crippen LogP contribution in [0.4, 0.5) is 0 Å². The van der Waals surface area contributed by atoms with E-state index in [-0.39, 0.29) is 0 Å². The smallest absolute Gasteiger partial charge is 0.0494 e. The third-order valence-corrected chi connectivity index (χ3v) is 2.72. The summed E-state index contributed by atoms with van der Waals surface area (Å²) >= 11 is 0. The molecule has 0 saturated carbocycles. The van der Waals surface area contributed by atoms with Crippen molar-refractivity contribution < 1.29 is 4.74 Å². The predicted molar refractivity (Wildman–Crippen MR) is 52.3 cm³/mol. The third kappa shape index (κ3) is 4.10. The molecule has 0 aromatic carbocycles. The Hall–Kier alpha value is -0.0400. The lowest BCUT2D eigenvalue weighted by Gasteiger charge is -2.21. The Morgan fingerprint density at radius 2 is 2.17 bits per heavy atom. The van der Waals surface area contributed by atoms with Crippen molar-refractivity contribution in [2.75, 3.05) is 13.2 Å². The van der Waals surface area contributed by atoms with Gasteiger partial charge in [-0.15, -0.1) is 0 Å². The molecule has 12 heavy (non-hydrogen) atoms. The Morgan fingerprint density at radius 3 is 2.83 bits per heavy atom. The summed E-state index contributed by atoms with van der Waals surface area (Å²) in [5, 5.41) is 0. The molecule has 1 aliphatic heterocycles. The van der Waals surface area contributed by atoms with Crippen molar-refractivity contribution in [1.29, 1.82) is 0 Å². The summed E-state index contributed by atoms with van der Waals surface area (Å²) in [5.41, 5.74) is 0. The Balaban J connectivity index is 1.91. The van der Waals surface area contributed by atoms with Crippen LogP contribution in [0.25, 0.3) is 0 Å². The number of hydrogen-bond donors (Lipinski definition) is 0. The van der Waals surface area contributed by atoms with Crippen LogP contribution < -0.4 is 0 Å². The maximum absolute atomic E-state index is 5.44. The second-order valence-corrected chi connectivity index (χ2v) is 3.93. The first-order valence-electron chi connectivity index (χ1n) is 5.51. The normalized spacial score (nSPS) is 24.2. The molecule has 0 bridgehead atoms. The average Bonchev–Trinajstić information content (AvgIpc) is 2.14. The molecule has 1 unspecified atom stereocenters. The van der Waals surface area contributed by atoms with Crippen molar-refractivity contribution >= 4 is 0 Å². The van der Waals surface area contributed by atoms with Crippen molar-refractivity contribution in [3.05, 3.63) is 0 Å². The minimum absolute atomic E-state index is 0.885. The molecule has 1 heteroatoms. The van der Waals surface area contributed by atoms with Gasteiger partial charge in [0.25, 0.3) is 0 Å². The van der Waals surface area contributed by atoms with Crippen molar-refractivity contribution in [3.63, 3.8) is 0 Å². The lowest BCUT2D eigenvalue weighted by molar-refractivity contribution is 0.0507. The summed E-state index contributed by atoms with van der Waals surface area (Å²) in [7, 11) is 0. The van der Waals surface area contributed by atoms with Gasteiger partial charge in [-0.05, 0) is 25.2 Å². The Kier molecular flexibility index (Phi) is 5.42. The van der Waals surface area contributed by atoms with Gasteiger partial charge in [0, 0.05) is 13.2 Å². The molecule has 0 spiro atoms. The number of hydrogen-bond acceptors (Lipinski definition) is 1. The molecule has 0 aromatic heterocycles. The zero-order valence-corrected chi connectivity index (χ0v) is 8.35. The second kappa shape index (κ2) is 6.47. The highest BCUT2D eigenvalue weighted by Gasteiger charge is 2.12. The fourth-order valence-electron chi connectivity index (χ4n) is 1.89. The maximum Gasteiger partial charge on any atom is 0.0494 e. The average molecular weight is 170 g/mol. The highest BCUT2D eigenvalue weighted by atomic mass is 16.5. The van der Waals surface area contributed by atoms with Gasteiger partial charge in [-0.3, -0.25) is 0 Å². The first-order valence-corrected chi connectivity index (χ1v) is 5.51. The van der Waals surface area contributed by atoms with E-state index in [9.17, 15) is 0 Å². The van der Waals surface area contributed by atoms with Crippen LogP contribution in [-0.4, -0.2) is 13.2 Å². The SMILES string of the molecule is CCCCCCC1CCCOC1. The quantitative estimate of drug-likeness (QED) is 0.575. The van der Waals surface area contributed by atoms with Crippen LogP contribution in [0.3, 0.4) is 0 Å². The van der Waals surface area contributed by atoms with E-state index in [0.717, 1.165) is 19.1 Å². The van der Waals surface area contributed by atoms with Crippen LogP contribution in [-0.2, 0) is 4.74 Å². The van der Waals surface area contributed by atoms with Crippen LogP contribution in [0.2, 0.25) is 0 Å². The van der Waals surface area contributed by atoms with Crippen LogP contribution >= 0.6 is 0 Å². The van der Waals surface area contributed by atoms with Gasteiger partial charge in [0.2, 0.25) is 0 Å². The Labute approximate surface area is 76.5 Å². The molecule has 1 heterocycles. The van der Waals surface area contributed by atoms with Gasteiger partial charge in [-0.1, -0.05) is 32.6 Å². The van der Waals surface area contributed by atoms with Crippen LogP contribution in [0.15, 0.2) is 0 Å². The standard InChI is InChI=1S/C11H22O/c1-2-3-4-5-7-11-8-6-9-12-10-11/h11H,2-10H2,1H3. The first-order chi connectivity index (χ1) is 5.93. The number of ether oxygens (including phenoxy) is 1. The molecule has 1 fully saturated rings. The summed E-state index contributed by atoms with van der Waals surface area (Å²) in [6.45, 7) is 4.31. The molecular formula is C11H22O. The molecule has 0 N–H and O–H groups in total. The zero-order valence-electron chi connectivity index (χ0n) is 8.35. The molecule has 1 nitrogen and oxygen atoms in total. The van der Waals surface area contributed by atoms with E-state index in [0.29, 0.717) is 0 Å². The van der Waals surface area contributed by atoms with Crippen molar-refractivity contribution in [1.82, 2.24) is 0 Å². The van der Waals surface area contributed by atoms with Gasteiger partial charge in [0.05, 0.1) is 0 Å². The van der Waals surface area contributed by atoms with Gasteiger partial charge >= 0.3 is 0 Å². The first kappa shape index (κ1) is 10.0. The minimum Gasteiger partial charge on any atom is -0.381 e. The second-order valence-electron chi connectivity index (χ2n) is 3.93. The zero-order chi connectivity index (χ0) is 8.65. The van der Waals surface area contributed by atoms with E-state index in [1.165, 1.54) is 44.9 Å². The lowest BCUT2D eigenvalue weighted by atomic mass is 9.95. The molecule has 1 rings (SSSR count). The third-order valence-electron chi connectivity index (χ3n) is 2.72. The van der Waals surface area contributed by atoms with Gasteiger partial charge < -0.3 is 4.74 Å². The molecule has 72 valence electrons. The van der Waals surface area contributed by atoms with Crippen molar-refractivity contribution in [2.24, 2.45) is 5.92 Å². The molecule has 0 radical (unpaired) electrons. The Bertz CT molecular complexity index is 95.2. The summed E-state index contributed by atoms with van der Waals surface area (Å²) < 4.78 is 5.44. The fraction of sp³-hybridized carbons (Fsp3) is 1.00. The van der Waals surface area contributed by atoms with Crippen LogP contribution in [0.1, 0.15) is 51.9 Å². The lowest BCUT2D eigenvalue weighted by Crippen LogP contribution is -2.16. The number of unbranched alkanes of at least 4 members (excludes halogenated alkanes) is 3. The number of rotatable bonds is 5. The van der Waals surface area contributed by atoms with Crippen LogP contribution in [0, 0.1) is 5.92 Å². The predicted octanol–water partition coefficient (Wildman–Crippen LogP) is 3.38. The van der Waals surface area contributed by atoms with Crippen molar-refractivity contribution in [3.8, 4) is 0 Å². The van der Waals surface area contributed by atoms with E-state index in [1.54, 1.807) is 0 Å². The summed E-state index contributed by atoms with van der Waals surface area (Å²) in [6, 6.07) is 0. The fourth-order valence-corrected chi connectivity index (χ4v) is 1.89. The minimum atomic E-state index is 0.885. The largest absolute Gasteiger partial charge is 0.381 e. The van der Waals surface area contributed by atoms with Crippen molar-refractivity contribution in [2.45, 2.75) is 51.9 Å². The summed E-state index contributed by atoms with van der Waals surface area (Å²) in [5.74, 6) is 0.885. The Morgan fingerprint density at radius 1 is 1.25 bits per heavy atom. The van der Waals surface area contributed by atoms with Gasteiger partial charge in [-0.25, -0.2) is 0 Å². The van der Waals surface area contributed by atoms with E-state index < -0.39 is 0 Å². The molecular weight excluding hydrogens is 148 g/mol. The molecule has 1 saturated heterocycles. The highest BCUT2D eigenvalue weighted by Crippen LogP contribution is 2.19. The van der Waals surface area contributed by atoms with Gasteiger partial charge in [0.15, 0.2) is 0 Å². The molecule has 1 aliphatic rings. The molecule has 1 atom stereocenters. The molecule has 0 aliphatic carbocycles. The van der Waals surface area contributed by atoms with Crippen LogP contribution in [0.5, 0.6) is 0 Å². The van der Waals surface area contributed by atoms with Gasteiger partial charge in [0.1, 0.15) is 0 Å². The summed E-state index contributed by atoms with van der Waals surface area (Å²) in [4.78, 5) is 0. The highest BCUT2D eigenvalue weighted by molar-refractivity contribution is 4.62. The van der Waals surface area contributed by atoms with E-state index in [1.807, 2.05) is 0 Å². The molecule has 0 aromatic rings. The maximum atomic E-state index is 5.44.